The highest BCUT2D eigenvalue weighted by Gasteiger charge is 2.57. The van der Waals surface area contributed by atoms with Crippen LogP contribution in [0.1, 0.15) is 27.0 Å². The van der Waals surface area contributed by atoms with Gasteiger partial charge in [0, 0.05) is 6.42 Å². The third-order valence-corrected chi connectivity index (χ3v) is 6.65. The van der Waals surface area contributed by atoms with Gasteiger partial charge in [0.25, 0.3) is 5.91 Å². The fourth-order valence-electron chi connectivity index (χ4n) is 4.94. The largest absolute Gasteiger partial charge is 0.493 e. The van der Waals surface area contributed by atoms with Gasteiger partial charge in [-0.3, -0.25) is 10.1 Å². The van der Waals surface area contributed by atoms with E-state index in [4.69, 9.17) is 18.9 Å². The Balaban J connectivity index is 1.71. The molecule has 1 spiro atoms. The lowest BCUT2D eigenvalue weighted by atomic mass is 9.88. The van der Waals surface area contributed by atoms with Crippen LogP contribution in [-0.2, 0) is 18.5 Å². The first-order chi connectivity index (χ1) is 13.9. The van der Waals surface area contributed by atoms with Crippen molar-refractivity contribution in [3.05, 3.63) is 46.5 Å². The summed E-state index contributed by atoms with van der Waals surface area (Å²) in [6, 6.07) is 8.02. The van der Waals surface area contributed by atoms with E-state index in [0.29, 0.717) is 28.0 Å². The smallest absolute Gasteiger partial charge is 0.260 e. The molecule has 2 aromatic rings. The maximum atomic E-state index is 13.2. The third kappa shape index (κ3) is 2.37. The van der Waals surface area contributed by atoms with Crippen molar-refractivity contribution in [1.82, 2.24) is 5.32 Å². The van der Waals surface area contributed by atoms with Crippen molar-refractivity contribution in [2.45, 2.75) is 18.5 Å². The Morgan fingerprint density at radius 2 is 1.79 bits per heavy atom. The third-order valence-electron chi connectivity index (χ3n) is 6.65. The van der Waals surface area contributed by atoms with Crippen molar-refractivity contribution in [3.63, 3.8) is 0 Å². The standard InChI is InChI=1S/C22H24N2O5/c1-24(2)8-7-13-9-17-18(29-12-28-17)10-14(13)11-22(24)15-5-6-16(26-3)20(27-4)19(15)21(25)23-22/h5-6,9-10H,7-8,11-12H2,1-4H3/p+1. The molecule has 0 saturated heterocycles. The summed E-state index contributed by atoms with van der Waals surface area (Å²) in [5.74, 6) is 2.47. The van der Waals surface area contributed by atoms with Crippen LogP contribution in [0.2, 0.25) is 0 Å². The van der Waals surface area contributed by atoms with Crippen LogP contribution in [0.4, 0.5) is 0 Å². The first-order valence-electron chi connectivity index (χ1n) is 9.72. The van der Waals surface area contributed by atoms with Crippen LogP contribution < -0.4 is 24.3 Å². The van der Waals surface area contributed by atoms with Gasteiger partial charge in [0.1, 0.15) is 0 Å². The zero-order valence-electron chi connectivity index (χ0n) is 17.1. The molecule has 3 aliphatic rings. The maximum Gasteiger partial charge on any atom is 0.260 e. The Bertz CT molecular complexity index is 1030. The molecule has 7 nitrogen and oxygen atoms in total. The van der Waals surface area contributed by atoms with E-state index >= 15 is 0 Å². The molecular formula is C22H25N2O5+. The van der Waals surface area contributed by atoms with E-state index in [1.54, 1.807) is 14.2 Å². The maximum absolute atomic E-state index is 13.2. The molecule has 5 rings (SSSR count). The summed E-state index contributed by atoms with van der Waals surface area (Å²) in [6.45, 7) is 1.11. The van der Waals surface area contributed by atoms with E-state index in [1.807, 2.05) is 12.1 Å². The molecule has 29 heavy (non-hydrogen) atoms. The number of ether oxygens (including phenoxy) is 4. The number of rotatable bonds is 2. The minimum atomic E-state index is -0.606. The van der Waals surface area contributed by atoms with E-state index in [1.165, 1.54) is 11.1 Å². The number of quaternary nitrogens is 1. The van der Waals surface area contributed by atoms with Gasteiger partial charge >= 0.3 is 0 Å². The number of benzene rings is 2. The summed E-state index contributed by atoms with van der Waals surface area (Å²) in [7, 11) is 7.48. The molecule has 0 saturated carbocycles. The lowest BCUT2D eigenvalue weighted by molar-refractivity contribution is -0.951. The van der Waals surface area contributed by atoms with Crippen LogP contribution in [-0.4, -0.2) is 52.0 Å². The fourth-order valence-corrected chi connectivity index (χ4v) is 4.94. The lowest BCUT2D eigenvalue weighted by Crippen LogP contribution is -2.64. The van der Waals surface area contributed by atoms with Crippen LogP contribution in [0.3, 0.4) is 0 Å². The van der Waals surface area contributed by atoms with Crippen LogP contribution in [0.25, 0.3) is 0 Å². The number of amides is 1. The number of fused-ring (bicyclic) bond motifs is 4. The number of carbonyl (C=O) groups is 1. The first-order valence-corrected chi connectivity index (χ1v) is 9.72. The molecule has 0 fully saturated rings. The first kappa shape index (κ1) is 18.1. The fraction of sp³-hybridized carbons (Fsp3) is 0.409. The highest BCUT2D eigenvalue weighted by Crippen LogP contribution is 2.48. The molecule has 3 aliphatic heterocycles. The Hall–Kier alpha value is -2.93. The van der Waals surface area contributed by atoms with Crippen LogP contribution in [0.5, 0.6) is 23.0 Å². The Labute approximate surface area is 169 Å². The molecule has 1 unspecified atom stereocenters. The van der Waals surface area contributed by atoms with Crippen LogP contribution in [0, 0.1) is 0 Å². The van der Waals surface area contributed by atoms with E-state index in [2.05, 4.69) is 31.5 Å². The van der Waals surface area contributed by atoms with E-state index in [-0.39, 0.29) is 12.7 Å². The summed E-state index contributed by atoms with van der Waals surface area (Å²) in [5.41, 5.74) is 3.30. The molecule has 0 aromatic heterocycles. The summed E-state index contributed by atoms with van der Waals surface area (Å²) < 4.78 is 22.8. The molecule has 0 bridgehead atoms. The van der Waals surface area contributed by atoms with Crippen molar-refractivity contribution in [2.24, 2.45) is 0 Å². The zero-order valence-corrected chi connectivity index (χ0v) is 17.1. The van der Waals surface area contributed by atoms with Gasteiger partial charge in [0.15, 0.2) is 23.0 Å². The summed E-state index contributed by atoms with van der Waals surface area (Å²) in [4.78, 5) is 13.2. The molecule has 152 valence electrons. The number of carbonyl (C=O) groups excluding carboxylic acids is 1. The monoisotopic (exact) mass is 397 g/mol. The molecule has 0 radical (unpaired) electrons. The van der Waals surface area contributed by atoms with Gasteiger partial charge in [-0.1, -0.05) is 0 Å². The molecule has 7 heteroatoms. The van der Waals surface area contributed by atoms with Crippen molar-refractivity contribution in [2.75, 3.05) is 41.7 Å². The molecule has 2 aromatic carbocycles. The van der Waals surface area contributed by atoms with Gasteiger partial charge < -0.3 is 23.4 Å². The van der Waals surface area contributed by atoms with Crippen molar-refractivity contribution in [1.29, 1.82) is 0 Å². The molecule has 3 heterocycles. The molecule has 0 aliphatic carbocycles. The van der Waals surface area contributed by atoms with E-state index in [9.17, 15) is 4.79 Å². The second-order valence-electron chi connectivity index (χ2n) is 8.35. The van der Waals surface area contributed by atoms with Gasteiger partial charge in [-0.2, -0.15) is 0 Å². The van der Waals surface area contributed by atoms with Crippen LogP contribution in [0.15, 0.2) is 24.3 Å². The van der Waals surface area contributed by atoms with E-state index in [0.717, 1.165) is 30.0 Å². The number of likely N-dealkylation sites (N-methyl/N-ethyl adjacent to an activating group) is 1. The van der Waals surface area contributed by atoms with Gasteiger partial charge in [0.2, 0.25) is 12.5 Å². The number of nitrogens with zero attached hydrogens (tertiary/aromatic N) is 1. The Morgan fingerprint density at radius 3 is 2.48 bits per heavy atom. The minimum Gasteiger partial charge on any atom is -0.493 e. The topological polar surface area (TPSA) is 66.0 Å². The van der Waals surface area contributed by atoms with Gasteiger partial charge in [-0.25, -0.2) is 0 Å². The second kappa shape index (κ2) is 6.03. The number of hydrogen-bond acceptors (Lipinski definition) is 5. The SMILES string of the molecule is COc1ccc2c(c1OC)C(=O)NC21Cc2cc3c(cc2CC[N+]1(C)C)OCO3. The average molecular weight is 397 g/mol. The number of methoxy groups -OCH3 is 2. The average Bonchev–Trinajstić information content (AvgIpc) is 3.25. The highest BCUT2D eigenvalue weighted by molar-refractivity contribution is 6.03. The minimum absolute atomic E-state index is 0.133. The van der Waals surface area contributed by atoms with E-state index < -0.39 is 5.66 Å². The van der Waals surface area contributed by atoms with Crippen molar-refractivity contribution >= 4 is 5.91 Å². The number of hydrogen-bond donors (Lipinski definition) is 1. The van der Waals surface area contributed by atoms with Crippen molar-refractivity contribution < 1.29 is 28.2 Å². The highest BCUT2D eigenvalue weighted by atomic mass is 16.7. The summed E-state index contributed by atoms with van der Waals surface area (Å²) in [5, 5.41) is 3.33. The molecule has 1 amide bonds. The Kier molecular flexibility index (Phi) is 3.77. The Morgan fingerprint density at radius 1 is 1.07 bits per heavy atom. The zero-order chi connectivity index (χ0) is 20.4. The second-order valence-corrected chi connectivity index (χ2v) is 8.35. The normalized spacial score (nSPS) is 23.2. The van der Waals surface area contributed by atoms with Crippen molar-refractivity contribution in [3.8, 4) is 23.0 Å². The quantitative estimate of drug-likeness (QED) is 0.787. The van der Waals surface area contributed by atoms with Gasteiger partial charge in [0.05, 0.1) is 52.4 Å². The molecular weight excluding hydrogens is 372 g/mol. The molecule has 1 atom stereocenters. The predicted octanol–water partition coefficient (Wildman–Crippen LogP) is 2.20. The summed E-state index contributed by atoms with van der Waals surface area (Å²) in [6.07, 6.45) is 1.54. The molecule has 1 N–H and O–H groups in total. The van der Waals surface area contributed by atoms with Crippen LogP contribution >= 0.6 is 0 Å². The van der Waals surface area contributed by atoms with Gasteiger partial charge in [-0.05, 0) is 35.4 Å². The lowest BCUT2D eigenvalue weighted by Gasteiger charge is -2.45. The summed E-state index contributed by atoms with van der Waals surface area (Å²) >= 11 is 0. The number of nitrogens with one attached hydrogen (secondary N) is 1. The van der Waals surface area contributed by atoms with Gasteiger partial charge in [-0.15, -0.1) is 0 Å². The predicted molar refractivity (Wildman–Crippen MR) is 106 cm³/mol.